The lowest BCUT2D eigenvalue weighted by Gasteiger charge is -2.01. The highest BCUT2D eigenvalue weighted by Gasteiger charge is 2.07. The van der Waals surface area contributed by atoms with Crippen molar-refractivity contribution >= 4 is 28.1 Å². The molecule has 0 saturated carbocycles. The van der Waals surface area contributed by atoms with Gasteiger partial charge in [0.1, 0.15) is 0 Å². The van der Waals surface area contributed by atoms with Crippen molar-refractivity contribution in [3.05, 3.63) is 60.0 Å². The highest BCUT2D eigenvalue weighted by Crippen LogP contribution is 2.22. The van der Waals surface area contributed by atoms with Crippen LogP contribution in [0.2, 0.25) is 0 Å². The summed E-state index contributed by atoms with van der Waals surface area (Å²) in [5, 5.41) is 10.8. The van der Waals surface area contributed by atoms with Gasteiger partial charge >= 0.3 is 0 Å². The van der Waals surface area contributed by atoms with Crippen LogP contribution in [0.4, 0.5) is 0 Å². The Morgan fingerprint density at radius 2 is 2.05 bits per heavy atom. The molecule has 0 atom stereocenters. The Bertz CT molecular complexity index is 872. The molecule has 0 N–H and O–H groups in total. The quantitative estimate of drug-likeness (QED) is 0.537. The second-order valence-electron chi connectivity index (χ2n) is 4.60. The smallest absolute Gasteiger partial charge is 0.210 e. The zero-order chi connectivity index (χ0) is 14.8. The van der Waals surface area contributed by atoms with Crippen molar-refractivity contribution in [1.82, 2.24) is 24.6 Å². The molecule has 1 aromatic carbocycles. The van der Waals surface area contributed by atoms with E-state index < -0.39 is 0 Å². The van der Waals surface area contributed by atoms with Gasteiger partial charge in [0.15, 0.2) is 4.96 Å². The maximum Gasteiger partial charge on any atom is 0.210 e. The molecule has 3 heterocycles. The van der Waals surface area contributed by atoms with Gasteiger partial charge in [0.25, 0.3) is 0 Å². The SMILES string of the molecule is c1ccc(-c2cnnc(SCc3cn4ccsc4n3)n2)cc1. The molecule has 0 bridgehead atoms. The summed E-state index contributed by atoms with van der Waals surface area (Å²) < 4.78 is 2.03. The van der Waals surface area contributed by atoms with E-state index in [0.29, 0.717) is 5.16 Å². The fourth-order valence-corrected chi connectivity index (χ4v) is 3.48. The third-order valence-electron chi connectivity index (χ3n) is 3.10. The van der Waals surface area contributed by atoms with E-state index in [4.69, 9.17) is 0 Å². The minimum Gasteiger partial charge on any atom is -0.297 e. The monoisotopic (exact) mass is 325 g/mol. The molecule has 3 aromatic heterocycles. The van der Waals surface area contributed by atoms with Crippen LogP contribution in [-0.4, -0.2) is 24.6 Å². The first-order chi connectivity index (χ1) is 10.9. The van der Waals surface area contributed by atoms with E-state index in [1.807, 2.05) is 52.5 Å². The summed E-state index contributed by atoms with van der Waals surface area (Å²) in [5.74, 6) is 0.730. The topological polar surface area (TPSA) is 56.0 Å². The second-order valence-corrected chi connectivity index (χ2v) is 6.42. The van der Waals surface area contributed by atoms with Gasteiger partial charge in [-0.3, -0.25) is 4.40 Å². The Morgan fingerprint density at radius 1 is 1.14 bits per heavy atom. The molecule has 0 saturated heterocycles. The van der Waals surface area contributed by atoms with Gasteiger partial charge in [-0.1, -0.05) is 42.1 Å². The molecule has 7 heteroatoms. The predicted molar refractivity (Wildman–Crippen MR) is 87.9 cm³/mol. The normalized spacial score (nSPS) is 11.1. The number of fused-ring (bicyclic) bond motifs is 1. The van der Waals surface area contributed by atoms with Gasteiger partial charge < -0.3 is 0 Å². The van der Waals surface area contributed by atoms with Gasteiger partial charge in [-0.05, 0) is 0 Å². The summed E-state index contributed by atoms with van der Waals surface area (Å²) in [6.07, 6.45) is 5.73. The number of nitrogens with zero attached hydrogens (tertiary/aromatic N) is 5. The molecule has 5 nitrogen and oxygen atoms in total. The minimum atomic E-state index is 0.665. The van der Waals surface area contributed by atoms with E-state index in [9.17, 15) is 0 Å². The number of aromatic nitrogens is 5. The van der Waals surface area contributed by atoms with Crippen LogP contribution in [0.1, 0.15) is 5.69 Å². The van der Waals surface area contributed by atoms with Crippen LogP contribution in [0, 0.1) is 0 Å². The maximum absolute atomic E-state index is 4.56. The lowest BCUT2D eigenvalue weighted by Crippen LogP contribution is -1.93. The molecule has 0 aliphatic carbocycles. The molecule has 22 heavy (non-hydrogen) atoms. The van der Waals surface area contributed by atoms with Crippen LogP contribution in [-0.2, 0) is 5.75 Å². The van der Waals surface area contributed by atoms with Gasteiger partial charge in [0.05, 0.1) is 17.6 Å². The summed E-state index contributed by atoms with van der Waals surface area (Å²) >= 11 is 3.17. The maximum atomic E-state index is 4.56. The lowest BCUT2D eigenvalue weighted by atomic mass is 10.2. The summed E-state index contributed by atoms with van der Waals surface area (Å²) in [4.78, 5) is 10.1. The number of benzene rings is 1. The van der Waals surface area contributed by atoms with Crippen molar-refractivity contribution in [1.29, 1.82) is 0 Å². The first kappa shape index (κ1) is 13.4. The summed E-state index contributed by atoms with van der Waals surface area (Å²) in [6, 6.07) is 9.99. The van der Waals surface area contributed by atoms with E-state index in [1.54, 1.807) is 29.3 Å². The van der Waals surface area contributed by atoms with Gasteiger partial charge in [0, 0.05) is 29.1 Å². The zero-order valence-electron chi connectivity index (χ0n) is 11.5. The average Bonchev–Trinajstić information content (AvgIpc) is 3.15. The number of thioether (sulfide) groups is 1. The van der Waals surface area contributed by atoms with Crippen molar-refractivity contribution in [2.24, 2.45) is 0 Å². The third kappa shape index (κ3) is 2.72. The number of imidazole rings is 1. The second kappa shape index (κ2) is 5.86. The van der Waals surface area contributed by atoms with Crippen LogP contribution >= 0.6 is 23.1 Å². The number of thiazole rings is 1. The van der Waals surface area contributed by atoms with E-state index in [0.717, 1.165) is 27.7 Å². The fraction of sp³-hybridized carbons (Fsp3) is 0.0667. The molecular formula is C15H11N5S2. The van der Waals surface area contributed by atoms with Gasteiger partial charge in [-0.15, -0.1) is 16.4 Å². The van der Waals surface area contributed by atoms with E-state index in [2.05, 4.69) is 20.2 Å². The van der Waals surface area contributed by atoms with Crippen molar-refractivity contribution in [3.63, 3.8) is 0 Å². The Morgan fingerprint density at radius 3 is 2.91 bits per heavy atom. The fourth-order valence-electron chi connectivity index (χ4n) is 2.08. The molecule has 0 radical (unpaired) electrons. The molecule has 108 valence electrons. The van der Waals surface area contributed by atoms with Crippen LogP contribution in [0.15, 0.2) is 59.5 Å². The van der Waals surface area contributed by atoms with E-state index in [-0.39, 0.29) is 0 Å². The lowest BCUT2D eigenvalue weighted by molar-refractivity contribution is 0.843. The summed E-state index contributed by atoms with van der Waals surface area (Å²) in [5.41, 5.74) is 2.90. The molecule has 4 aromatic rings. The first-order valence-corrected chi connectivity index (χ1v) is 8.54. The van der Waals surface area contributed by atoms with Gasteiger partial charge in [-0.25, -0.2) is 9.97 Å². The Balaban J connectivity index is 1.52. The minimum absolute atomic E-state index is 0.665. The van der Waals surface area contributed by atoms with Crippen LogP contribution in [0.3, 0.4) is 0 Å². The van der Waals surface area contributed by atoms with Gasteiger partial charge in [0.2, 0.25) is 5.16 Å². The van der Waals surface area contributed by atoms with Crippen LogP contribution < -0.4 is 0 Å². The predicted octanol–water partition coefficient (Wildman–Crippen LogP) is 3.54. The first-order valence-electron chi connectivity index (χ1n) is 6.67. The number of rotatable bonds is 4. The summed E-state index contributed by atoms with van der Waals surface area (Å²) in [7, 11) is 0. The number of hydrogen-bond acceptors (Lipinski definition) is 6. The molecule has 0 aliphatic rings. The molecule has 0 aliphatic heterocycles. The average molecular weight is 325 g/mol. The third-order valence-corrected chi connectivity index (χ3v) is 4.74. The van der Waals surface area contributed by atoms with E-state index in [1.165, 1.54) is 0 Å². The van der Waals surface area contributed by atoms with Crippen LogP contribution in [0.5, 0.6) is 0 Å². The molecular weight excluding hydrogens is 314 g/mol. The molecule has 4 rings (SSSR count). The Hall–Kier alpha value is -2.25. The zero-order valence-corrected chi connectivity index (χ0v) is 13.1. The Labute approximate surface area is 135 Å². The summed E-state index contributed by atoms with van der Waals surface area (Å²) in [6.45, 7) is 0. The van der Waals surface area contributed by atoms with Crippen molar-refractivity contribution in [3.8, 4) is 11.3 Å². The highest BCUT2D eigenvalue weighted by molar-refractivity contribution is 7.98. The molecule has 0 fully saturated rings. The standard InChI is InChI=1S/C15H11N5S2/c1-2-4-11(5-3-1)13-8-16-19-14(18-13)22-10-12-9-20-6-7-21-15(20)17-12/h1-9H,10H2. The molecule has 0 unspecified atom stereocenters. The highest BCUT2D eigenvalue weighted by atomic mass is 32.2. The number of hydrogen-bond donors (Lipinski definition) is 0. The van der Waals surface area contributed by atoms with Crippen molar-refractivity contribution < 1.29 is 0 Å². The van der Waals surface area contributed by atoms with Crippen molar-refractivity contribution in [2.45, 2.75) is 10.9 Å². The van der Waals surface area contributed by atoms with E-state index >= 15 is 0 Å². The Kier molecular flexibility index (Phi) is 3.57. The largest absolute Gasteiger partial charge is 0.297 e. The molecule has 0 amide bonds. The van der Waals surface area contributed by atoms with Crippen LogP contribution in [0.25, 0.3) is 16.2 Å². The van der Waals surface area contributed by atoms with Gasteiger partial charge in [-0.2, -0.15) is 5.10 Å². The molecule has 0 spiro atoms. The van der Waals surface area contributed by atoms with Crippen molar-refractivity contribution in [2.75, 3.05) is 0 Å².